The number of hydrogen-bond acceptors (Lipinski definition) is 2. The first-order valence-corrected chi connectivity index (χ1v) is 7.03. The van der Waals surface area contributed by atoms with Crippen LogP contribution in [-0.4, -0.2) is 13.6 Å². The van der Waals surface area contributed by atoms with Gasteiger partial charge in [0.25, 0.3) is 0 Å². The fraction of sp³-hybridized carbons (Fsp3) is 0.600. The van der Waals surface area contributed by atoms with Crippen molar-refractivity contribution in [3.8, 4) is 0 Å². The third kappa shape index (κ3) is 3.45. The van der Waals surface area contributed by atoms with Gasteiger partial charge in [-0.05, 0) is 42.5 Å². The van der Waals surface area contributed by atoms with Crippen LogP contribution in [0.2, 0.25) is 0 Å². The Morgan fingerprint density at radius 3 is 2.45 bits per heavy atom. The third-order valence-corrected chi connectivity index (χ3v) is 4.04. The molecule has 0 saturated heterocycles. The highest BCUT2D eigenvalue weighted by molar-refractivity contribution is 5.55. The summed E-state index contributed by atoms with van der Waals surface area (Å²) in [4.78, 5) is 2.04. The maximum Gasteiger partial charge on any atom is 0.416 e. The number of alkyl halides is 3. The van der Waals surface area contributed by atoms with E-state index in [1.165, 1.54) is 31.7 Å². The van der Waals surface area contributed by atoms with E-state index in [-0.39, 0.29) is 6.54 Å². The van der Waals surface area contributed by atoms with Crippen LogP contribution in [0.15, 0.2) is 18.2 Å². The predicted molar refractivity (Wildman–Crippen MR) is 74.6 cm³/mol. The van der Waals surface area contributed by atoms with E-state index < -0.39 is 11.7 Å². The van der Waals surface area contributed by atoms with Gasteiger partial charge in [0.2, 0.25) is 0 Å². The molecule has 1 aromatic rings. The molecule has 5 heteroatoms. The Bertz CT molecular complexity index is 451. The molecule has 0 aromatic heterocycles. The Morgan fingerprint density at radius 2 is 1.90 bits per heavy atom. The van der Waals surface area contributed by atoms with Crippen LogP contribution >= 0.6 is 0 Å². The lowest BCUT2D eigenvalue weighted by Gasteiger charge is -2.26. The second-order valence-corrected chi connectivity index (χ2v) is 5.58. The lowest BCUT2D eigenvalue weighted by Crippen LogP contribution is -2.25. The molecule has 1 aromatic carbocycles. The SMILES string of the molecule is CN(CC1CCCC1)c1ccc(C(F)(F)F)cc1CN. The molecule has 0 atom stereocenters. The van der Waals surface area contributed by atoms with Crippen molar-refractivity contribution in [3.63, 3.8) is 0 Å². The summed E-state index contributed by atoms with van der Waals surface area (Å²) in [5, 5.41) is 0. The van der Waals surface area contributed by atoms with E-state index in [9.17, 15) is 13.2 Å². The Hall–Kier alpha value is -1.23. The van der Waals surface area contributed by atoms with Crippen molar-refractivity contribution in [2.75, 3.05) is 18.5 Å². The molecule has 1 saturated carbocycles. The fourth-order valence-electron chi connectivity index (χ4n) is 2.98. The minimum atomic E-state index is -4.31. The molecule has 2 N–H and O–H groups in total. The zero-order valence-corrected chi connectivity index (χ0v) is 11.7. The first-order chi connectivity index (χ1) is 9.41. The molecule has 0 radical (unpaired) electrons. The van der Waals surface area contributed by atoms with Crippen LogP contribution in [-0.2, 0) is 12.7 Å². The summed E-state index contributed by atoms with van der Waals surface area (Å²) in [6.45, 7) is 1.01. The second kappa shape index (κ2) is 6.04. The van der Waals surface area contributed by atoms with Crippen molar-refractivity contribution < 1.29 is 13.2 Å². The van der Waals surface area contributed by atoms with Crippen LogP contribution in [0.25, 0.3) is 0 Å². The molecule has 2 rings (SSSR count). The number of anilines is 1. The van der Waals surface area contributed by atoms with Crippen molar-refractivity contribution in [3.05, 3.63) is 29.3 Å². The van der Waals surface area contributed by atoms with E-state index in [0.29, 0.717) is 11.5 Å². The largest absolute Gasteiger partial charge is 0.416 e. The van der Waals surface area contributed by atoms with Crippen molar-refractivity contribution >= 4 is 5.69 Å². The van der Waals surface area contributed by atoms with Gasteiger partial charge in [0.15, 0.2) is 0 Å². The molecule has 1 aliphatic carbocycles. The Labute approximate surface area is 117 Å². The third-order valence-electron chi connectivity index (χ3n) is 4.04. The van der Waals surface area contributed by atoms with E-state index in [1.54, 1.807) is 6.07 Å². The highest BCUT2D eigenvalue weighted by Crippen LogP contribution is 2.33. The van der Waals surface area contributed by atoms with E-state index in [0.717, 1.165) is 18.3 Å². The number of hydrogen-bond donors (Lipinski definition) is 1. The van der Waals surface area contributed by atoms with Crippen molar-refractivity contribution in [2.24, 2.45) is 11.7 Å². The maximum absolute atomic E-state index is 12.7. The summed E-state index contributed by atoms with van der Waals surface area (Å²) in [5.74, 6) is 0.646. The standard InChI is InChI=1S/C15H21F3N2/c1-20(10-11-4-2-3-5-11)14-7-6-13(15(16,17)18)8-12(14)9-19/h6-8,11H,2-5,9-10,19H2,1H3. The minimum absolute atomic E-state index is 0.119. The van der Waals surface area contributed by atoms with Gasteiger partial charge in [-0.1, -0.05) is 12.8 Å². The summed E-state index contributed by atoms with van der Waals surface area (Å²) in [6, 6.07) is 3.85. The van der Waals surface area contributed by atoms with Gasteiger partial charge in [-0.3, -0.25) is 0 Å². The van der Waals surface area contributed by atoms with E-state index in [4.69, 9.17) is 5.73 Å². The number of halogens is 3. The maximum atomic E-state index is 12.7. The topological polar surface area (TPSA) is 29.3 Å². The average Bonchev–Trinajstić information content (AvgIpc) is 2.89. The molecular weight excluding hydrogens is 265 g/mol. The van der Waals surface area contributed by atoms with E-state index in [2.05, 4.69) is 0 Å². The van der Waals surface area contributed by atoms with E-state index >= 15 is 0 Å². The van der Waals surface area contributed by atoms with Gasteiger partial charge in [0.1, 0.15) is 0 Å². The highest BCUT2D eigenvalue weighted by atomic mass is 19.4. The van der Waals surface area contributed by atoms with Crippen LogP contribution in [0.3, 0.4) is 0 Å². The normalized spacial score (nSPS) is 16.6. The minimum Gasteiger partial charge on any atom is -0.374 e. The molecule has 2 nitrogen and oxygen atoms in total. The van der Waals surface area contributed by atoms with Gasteiger partial charge in [-0.15, -0.1) is 0 Å². The van der Waals surface area contributed by atoms with Crippen LogP contribution in [0, 0.1) is 5.92 Å². The van der Waals surface area contributed by atoms with Crippen LogP contribution in [0.5, 0.6) is 0 Å². The van der Waals surface area contributed by atoms with Gasteiger partial charge in [0, 0.05) is 25.8 Å². The van der Waals surface area contributed by atoms with Crippen LogP contribution < -0.4 is 10.6 Å². The number of rotatable bonds is 4. The zero-order valence-electron chi connectivity index (χ0n) is 11.7. The average molecular weight is 286 g/mol. The summed E-state index contributed by atoms with van der Waals surface area (Å²) >= 11 is 0. The van der Waals surface area contributed by atoms with Gasteiger partial charge in [0.05, 0.1) is 5.56 Å². The number of nitrogens with two attached hydrogens (primary N) is 1. The molecule has 1 fully saturated rings. The van der Waals surface area contributed by atoms with Crippen molar-refractivity contribution in [1.29, 1.82) is 0 Å². The van der Waals surface area contributed by atoms with Crippen molar-refractivity contribution in [2.45, 2.75) is 38.4 Å². The van der Waals surface area contributed by atoms with Crippen LogP contribution in [0.1, 0.15) is 36.8 Å². The molecule has 0 unspecified atom stereocenters. The molecule has 1 aliphatic rings. The molecule has 112 valence electrons. The predicted octanol–water partition coefficient (Wildman–Crippen LogP) is 3.79. The summed E-state index contributed by atoms with van der Waals surface area (Å²) in [6.07, 6.45) is 0.628. The monoisotopic (exact) mass is 286 g/mol. The zero-order chi connectivity index (χ0) is 14.8. The summed E-state index contributed by atoms with van der Waals surface area (Å²) in [7, 11) is 1.93. The molecule has 0 bridgehead atoms. The molecule has 0 amide bonds. The van der Waals surface area contributed by atoms with Gasteiger partial charge in [-0.25, -0.2) is 0 Å². The van der Waals surface area contributed by atoms with Crippen molar-refractivity contribution in [1.82, 2.24) is 0 Å². The molecule has 0 aliphatic heterocycles. The fourth-order valence-corrected chi connectivity index (χ4v) is 2.98. The smallest absolute Gasteiger partial charge is 0.374 e. The second-order valence-electron chi connectivity index (χ2n) is 5.58. The van der Waals surface area contributed by atoms with Crippen LogP contribution in [0.4, 0.5) is 18.9 Å². The quantitative estimate of drug-likeness (QED) is 0.912. The van der Waals surface area contributed by atoms with E-state index in [1.807, 2.05) is 11.9 Å². The summed E-state index contributed by atoms with van der Waals surface area (Å²) in [5.41, 5.74) is 6.35. The Balaban J connectivity index is 2.17. The highest BCUT2D eigenvalue weighted by Gasteiger charge is 2.31. The summed E-state index contributed by atoms with van der Waals surface area (Å²) < 4.78 is 38.1. The molecule has 0 spiro atoms. The van der Waals surface area contributed by atoms with Gasteiger partial charge >= 0.3 is 6.18 Å². The first kappa shape index (κ1) is 15.2. The van der Waals surface area contributed by atoms with Gasteiger partial charge < -0.3 is 10.6 Å². The lowest BCUT2D eigenvalue weighted by molar-refractivity contribution is -0.137. The Kier molecular flexibility index (Phi) is 4.58. The number of benzene rings is 1. The molecule has 20 heavy (non-hydrogen) atoms. The lowest BCUT2D eigenvalue weighted by atomic mass is 10.0. The van der Waals surface area contributed by atoms with Gasteiger partial charge in [-0.2, -0.15) is 13.2 Å². The number of nitrogens with zero attached hydrogens (tertiary/aromatic N) is 1. The molecule has 0 heterocycles. The first-order valence-electron chi connectivity index (χ1n) is 7.03. The molecular formula is C15H21F3N2. The Morgan fingerprint density at radius 1 is 1.25 bits per heavy atom.